The molecule has 4 heterocycles. The molecule has 2 aromatic heterocycles. The molecule has 2 saturated heterocycles. The second-order valence-corrected chi connectivity index (χ2v) is 7.57. The summed E-state index contributed by atoms with van der Waals surface area (Å²) in [4.78, 5) is 25.1. The molecule has 0 aliphatic carbocycles. The average Bonchev–Trinajstić information content (AvgIpc) is 3.33. The van der Waals surface area contributed by atoms with Gasteiger partial charge in [-0.2, -0.15) is 13.2 Å². The lowest BCUT2D eigenvalue weighted by molar-refractivity contribution is -0.192. The fraction of sp³-hybridized carbons (Fsp3) is 0.579. The molecule has 2 aromatic rings. The van der Waals surface area contributed by atoms with Crippen molar-refractivity contribution in [1.82, 2.24) is 29.7 Å². The summed E-state index contributed by atoms with van der Waals surface area (Å²) in [7, 11) is 2.02. The van der Waals surface area contributed by atoms with Crippen molar-refractivity contribution < 1.29 is 23.1 Å². The van der Waals surface area contributed by atoms with Gasteiger partial charge < -0.3 is 20.3 Å². The van der Waals surface area contributed by atoms with Crippen molar-refractivity contribution in [3.8, 4) is 0 Å². The number of anilines is 1. The van der Waals surface area contributed by atoms with Gasteiger partial charge in [0, 0.05) is 45.0 Å². The molecule has 0 radical (unpaired) electrons. The molecule has 0 saturated carbocycles. The standard InChI is InChI=1S/C17H25N7.C2HF3O2/c1-23-11-15(21-12-23)16(24-6-2-3-7-24)10-20-17-19-5-4-14(22-17)13-8-18-9-13;3-2(4,5)1(6)7/h4-5,11-13,16,18H,2-3,6-10H2,1H3,(H,19,20,22);(H,6,7). The fourth-order valence-corrected chi connectivity index (χ4v) is 3.45. The summed E-state index contributed by atoms with van der Waals surface area (Å²) >= 11 is 0. The van der Waals surface area contributed by atoms with E-state index in [0.717, 1.165) is 50.1 Å². The third-order valence-corrected chi connectivity index (χ3v) is 5.22. The minimum Gasteiger partial charge on any atom is -0.475 e. The molecular weight excluding hydrogens is 415 g/mol. The van der Waals surface area contributed by atoms with Gasteiger partial charge in [-0.1, -0.05) is 0 Å². The van der Waals surface area contributed by atoms with E-state index in [-0.39, 0.29) is 6.04 Å². The molecule has 2 aliphatic heterocycles. The second-order valence-electron chi connectivity index (χ2n) is 7.57. The number of hydrogen-bond donors (Lipinski definition) is 3. The average molecular weight is 441 g/mol. The zero-order chi connectivity index (χ0) is 22.4. The van der Waals surface area contributed by atoms with Crippen LogP contribution in [0.1, 0.15) is 36.2 Å². The molecule has 2 aliphatic rings. The molecular formula is C19H26F3N7O2. The first-order valence-electron chi connectivity index (χ1n) is 10.0. The van der Waals surface area contributed by atoms with Crippen molar-refractivity contribution >= 4 is 11.9 Å². The lowest BCUT2D eigenvalue weighted by atomic mass is 9.99. The summed E-state index contributed by atoms with van der Waals surface area (Å²) < 4.78 is 33.7. The second kappa shape index (κ2) is 10.1. The molecule has 170 valence electrons. The Labute approximate surface area is 177 Å². The molecule has 2 fully saturated rings. The highest BCUT2D eigenvalue weighted by Gasteiger charge is 2.38. The number of aliphatic carboxylic acids is 1. The van der Waals surface area contributed by atoms with E-state index >= 15 is 0 Å². The highest BCUT2D eigenvalue weighted by Crippen LogP contribution is 2.24. The monoisotopic (exact) mass is 441 g/mol. The van der Waals surface area contributed by atoms with E-state index in [9.17, 15) is 13.2 Å². The maximum Gasteiger partial charge on any atom is 0.490 e. The van der Waals surface area contributed by atoms with Crippen LogP contribution in [0.25, 0.3) is 0 Å². The maximum absolute atomic E-state index is 10.6. The number of hydrogen-bond acceptors (Lipinski definition) is 7. The molecule has 1 unspecified atom stereocenters. The van der Waals surface area contributed by atoms with E-state index in [1.54, 1.807) is 0 Å². The number of carboxylic acid groups (broad SMARTS) is 1. The molecule has 12 heteroatoms. The zero-order valence-electron chi connectivity index (χ0n) is 17.1. The highest BCUT2D eigenvalue weighted by atomic mass is 19.4. The summed E-state index contributed by atoms with van der Waals surface area (Å²) in [6, 6.07) is 2.29. The van der Waals surface area contributed by atoms with Gasteiger partial charge in [0.2, 0.25) is 5.95 Å². The van der Waals surface area contributed by atoms with Gasteiger partial charge in [0.15, 0.2) is 0 Å². The van der Waals surface area contributed by atoms with Crippen molar-refractivity contribution in [2.24, 2.45) is 7.05 Å². The van der Waals surface area contributed by atoms with Gasteiger partial charge in [-0.15, -0.1) is 0 Å². The van der Waals surface area contributed by atoms with E-state index in [4.69, 9.17) is 9.90 Å². The van der Waals surface area contributed by atoms with Crippen LogP contribution < -0.4 is 10.6 Å². The summed E-state index contributed by atoms with van der Waals surface area (Å²) in [5, 5.41) is 13.9. The van der Waals surface area contributed by atoms with E-state index in [1.807, 2.05) is 30.2 Å². The van der Waals surface area contributed by atoms with Crippen LogP contribution in [0.15, 0.2) is 24.8 Å². The van der Waals surface area contributed by atoms with E-state index in [2.05, 4.69) is 36.7 Å². The van der Waals surface area contributed by atoms with Crippen molar-refractivity contribution in [3.05, 3.63) is 36.2 Å². The normalized spacial score (nSPS) is 18.1. The van der Waals surface area contributed by atoms with Crippen LogP contribution in [0.5, 0.6) is 0 Å². The van der Waals surface area contributed by atoms with Crippen LogP contribution >= 0.6 is 0 Å². The molecule has 0 bridgehead atoms. The summed E-state index contributed by atoms with van der Waals surface area (Å²) in [6.45, 7) is 5.08. The Morgan fingerprint density at radius 3 is 2.52 bits per heavy atom. The van der Waals surface area contributed by atoms with Gasteiger partial charge in [0.1, 0.15) is 0 Å². The molecule has 0 aromatic carbocycles. The number of alkyl halides is 3. The fourth-order valence-electron chi connectivity index (χ4n) is 3.45. The Hall–Kier alpha value is -2.73. The summed E-state index contributed by atoms with van der Waals surface area (Å²) in [5.74, 6) is -1.51. The minimum atomic E-state index is -5.08. The molecule has 0 amide bonds. The first-order chi connectivity index (χ1) is 14.7. The lowest BCUT2D eigenvalue weighted by Crippen LogP contribution is -2.40. The molecule has 1 atom stereocenters. The summed E-state index contributed by atoms with van der Waals surface area (Å²) in [5.41, 5.74) is 2.24. The Morgan fingerprint density at radius 2 is 2.00 bits per heavy atom. The van der Waals surface area contributed by atoms with E-state index in [1.165, 1.54) is 12.8 Å². The van der Waals surface area contributed by atoms with Crippen LogP contribution in [0.2, 0.25) is 0 Å². The Morgan fingerprint density at radius 1 is 1.32 bits per heavy atom. The number of aryl methyl sites for hydroxylation is 1. The molecule has 4 rings (SSSR count). The first kappa shape index (κ1) is 22.9. The van der Waals surface area contributed by atoms with Gasteiger partial charge in [-0.3, -0.25) is 4.90 Å². The minimum absolute atomic E-state index is 0.270. The van der Waals surface area contributed by atoms with Crippen molar-refractivity contribution in [2.45, 2.75) is 31.0 Å². The zero-order valence-corrected chi connectivity index (χ0v) is 17.1. The highest BCUT2D eigenvalue weighted by molar-refractivity contribution is 5.73. The number of imidazole rings is 1. The topological polar surface area (TPSA) is 108 Å². The van der Waals surface area contributed by atoms with E-state index < -0.39 is 12.1 Å². The number of likely N-dealkylation sites (tertiary alicyclic amines) is 1. The largest absolute Gasteiger partial charge is 0.490 e. The number of nitrogens with zero attached hydrogens (tertiary/aromatic N) is 5. The Balaban J connectivity index is 0.000000339. The molecule has 31 heavy (non-hydrogen) atoms. The van der Waals surface area contributed by atoms with E-state index in [0.29, 0.717) is 5.92 Å². The third kappa shape index (κ3) is 6.37. The molecule has 9 nitrogen and oxygen atoms in total. The number of carbonyl (C=O) groups is 1. The lowest BCUT2D eigenvalue weighted by Gasteiger charge is -2.27. The Bertz CT molecular complexity index is 864. The first-order valence-corrected chi connectivity index (χ1v) is 10.0. The Kier molecular flexibility index (Phi) is 7.44. The van der Waals surface area contributed by atoms with Crippen molar-refractivity contribution in [3.63, 3.8) is 0 Å². The summed E-state index contributed by atoms with van der Waals surface area (Å²) in [6.07, 6.45) is 3.30. The van der Waals surface area contributed by atoms with Crippen LogP contribution in [0.4, 0.5) is 19.1 Å². The van der Waals surface area contributed by atoms with Gasteiger partial charge in [-0.25, -0.2) is 19.7 Å². The van der Waals surface area contributed by atoms with Crippen LogP contribution in [-0.4, -0.2) is 74.4 Å². The quantitative estimate of drug-likeness (QED) is 0.623. The van der Waals surface area contributed by atoms with Crippen molar-refractivity contribution in [2.75, 3.05) is 38.0 Å². The third-order valence-electron chi connectivity index (χ3n) is 5.22. The van der Waals surface area contributed by atoms with Gasteiger partial charge in [0.05, 0.1) is 23.8 Å². The van der Waals surface area contributed by atoms with Gasteiger partial charge in [-0.05, 0) is 32.0 Å². The smallest absolute Gasteiger partial charge is 0.475 e. The number of nitrogens with one attached hydrogen (secondary N) is 2. The number of halogens is 3. The number of carboxylic acids is 1. The van der Waals surface area contributed by atoms with Crippen LogP contribution in [0, 0.1) is 0 Å². The van der Waals surface area contributed by atoms with Crippen LogP contribution in [0.3, 0.4) is 0 Å². The van der Waals surface area contributed by atoms with Gasteiger partial charge >= 0.3 is 12.1 Å². The van der Waals surface area contributed by atoms with Gasteiger partial charge in [0.25, 0.3) is 0 Å². The number of rotatable bonds is 6. The van der Waals surface area contributed by atoms with Crippen molar-refractivity contribution in [1.29, 1.82) is 0 Å². The predicted molar refractivity (Wildman–Crippen MR) is 107 cm³/mol. The van der Waals surface area contributed by atoms with Crippen LogP contribution in [-0.2, 0) is 11.8 Å². The molecule has 0 spiro atoms. The SMILES string of the molecule is Cn1cnc(C(CNc2nccc(C3CNC3)n2)N2CCCC2)c1.O=C(O)C(F)(F)F. The molecule has 3 N–H and O–H groups in total. The number of aromatic nitrogens is 4. The maximum atomic E-state index is 10.6. The predicted octanol–water partition coefficient (Wildman–Crippen LogP) is 1.78.